The van der Waals surface area contributed by atoms with E-state index in [1.54, 1.807) is 0 Å². The van der Waals surface area contributed by atoms with E-state index in [1.807, 2.05) is 23.5 Å². The fourth-order valence-corrected chi connectivity index (χ4v) is 7.37. The van der Waals surface area contributed by atoms with Gasteiger partial charge in [-0.1, -0.05) is 83.1 Å². The van der Waals surface area contributed by atoms with Crippen LogP contribution < -0.4 is 10.5 Å². The number of unbranched alkanes of at least 4 members (excludes halogenated alkanes) is 1. The van der Waals surface area contributed by atoms with Gasteiger partial charge in [-0.15, -0.1) is 23.5 Å². The summed E-state index contributed by atoms with van der Waals surface area (Å²) < 4.78 is 6.40. The first-order valence-electron chi connectivity index (χ1n) is 14.8. The van der Waals surface area contributed by atoms with Crippen molar-refractivity contribution in [1.29, 1.82) is 0 Å². The predicted molar refractivity (Wildman–Crippen MR) is 178 cm³/mol. The van der Waals surface area contributed by atoms with Gasteiger partial charge < -0.3 is 15.6 Å². The van der Waals surface area contributed by atoms with Crippen LogP contribution in [0, 0.1) is 0 Å². The van der Waals surface area contributed by atoms with Crippen molar-refractivity contribution in [2.24, 2.45) is 0 Å². The molecule has 0 aliphatic heterocycles. The van der Waals surface area contributed by atoms with Crippen molar-refractivity contribution < 1.29 is 15.6 Å². The van der Waals surface area contributed by atoms with E-state index in [1.165, 1.54) is 20.9 Å². The molecule has 0 unspecified atom stereocenters. The third kappa shape index (κ3) is 9.36. The summed E-state index contributed by atoms with van der Waals surface area (Å²) in [7, 11) is 0. The van der Waals surface area contributed by atoms with E-state index in [-0.39, 0.29) is 25.7 Å². The van der Waals surface area contributed by atoms with Crippen LogP contribution in [-0.2, 0) is 21.7 Å². The molecule has 0 fully saturated rings. The topological polar surface area (TPSA) is 57.1 Å². The van der Waals surface area contributed by atoms with E-state index in [2.05, 4.69) is 127 Å². The summed E-state index contributed by atoms with van der Waals surface area (Å²) in [6, 6.07) is 9.11. The second-order valence-corrected chi connectivity index (χ2v) is 19.4. The zero-order valence-corrected chi connectivity index (χ0v) is 29.6. The van der Waals surface area contributed by atoms with E-state index in [0.717, 1.165) is 42.9 Å². The highest BCUT2D eigenvalue weighted by Gasteiger charge is 2.32. The van der Waals surface area contributed by atoms with Crippen molar-refractivity contribution in [1.82, 2.24) is 0 Å². The first kappa shape index (κ1) is 34.9. The smallest absolute Gasteiger partial charge is 0.126 e. The van der Waals surface area contributed by atoms with E-state index < -0.39 is 0 Å². The van der Waals surface area contributed by atoms with Crippen molar-refractivity contribution in [2.75, 3.05) is 13.2 Å². The molecule has 2 rings (SSSR count). The number of hydrogen-bond acceptors (Lipinski definition) is 4. The maximum absolute atomic E-state index is 11.2. The summed E-state index contributed by atoms with van der Waals surface area (Å²) in [4.78, 5) is 2.46. The number of phenolic OH excluding ortho intramolecular Hbond substituents is 1. The van der Waals surface area contributed by atoms with Crippen molar-refractivity contribution in [3.05, 3.63) is 46.5 Å². The normalized spacial score (nSPS) is 13.6. The summed E-state index contributed by atoms with van der Waals surface area (Å²) in [5.74, 6) is 1.49. The SMILES string of the molecule is CC(C)(Sc1cc(C(C)(C)C)c(O)c(C(C)(C)C)c1)Sc1cc(C(C)(C)C)c(OCCCC[NH3+])c(C(C)(C)C)c1. The second-order valence-electron chi connectivity index (χ2n) is 15.7. The average Bonchev–Trinajstić information content (AvgIpc) is 2.74. The van der Waals surface area contributed by atoms with Gasteiger partial charge in [-0.25, -0.2) is 0 Å². The zero-order chi connectivity index (χ0) is 30.9. The Kier molecular flexibility index (Phi) is 10.9. The van der Waals surface area contributed by atoms with Crippen LogP contribution >= 0.6 is 23.5 Å². The number of rotatable bonds is 9. The molecule has 0 heterocycles. The Labute approximate surface area is 254 Å². The van der Waals surface area contributed by atoms with Crippen LogP contribution in [0.15, 0.2) is 34.1 Å². The maximum Gasteiger partial charge on any atom is 0.126 e. The van der Waals surface area contributed by atoms with Crippen LogP contribution in [0.4, 0.5) is 0 Å². The lowest BCUT2D eigenvalue weighted by atomic mass is 9.79. The third-order valence-corrected chi connectivity index (χ3v) is 9.42. The molecule has 4 N–H and O–H groups in total. The number of aromatic hydroxyl groups is 1. The second kappa shape index (κ2) is 12.5. The number of thioether (sulfide) groups is 2. The highest BCUT2D eigenvalue weighted by molar-refractivity contribution is 8.18. The van der Waals surface area contributed by atoms with Crippen molar-refractivity contribution in [3.8, 4) is 11.5 Å². The first-order chi connectivity index (χ1) is 18.0. The molecule has 3 nitrogen and oxygen atoms in total. The van der Waals surface area contributed by atoms with E-state index in [9.17, 15) is 5.11 Å². The molecule has 0 spiro atoms. The summed E-state index contributed by atoms with van der Waals surface area (Å²) >= 11 is 3.78. The van der Waals surface area contributed by atoms with Crippen LogP contribution in [0.3, 0.4) is 0 Å². The minimum Gasteiger partial charge on any atom is -0.507 e. The highest BCUT2D eigenvalue weighted by Crippen LogP contribution is 2.51. The van der Waals surface area contributed by atoms with Gasteiger partial charge in [-0.05, 0) is 72.6 Å². The monoisotopic (exact) mass is 588 g/mol. The zero-order valence-electron chi connectivity index (χ0n) is 28.0. The summed E-state index contributed by atoms with van der Waals surface area (Å²) in [6.45, 7) is 33.0. The van der Waals surface area contributed by atoms with E-state index >= 15 is 0 Å². The van der Waals surface area contributed by atoms with Crippen LogP contribution in [0.25, 0.3) is 0 Å². The Balaban J connectivity index is 2.57. The Hall–Kier alpha value is -1.30. The van der Waals surface area contributed by atoms with Gasteiger partial charge in [0.25, 0.3) is 0 Å². The minimum absolute atomic E-state index is 0.0460. The van der Waals surface area contributed by atoms with Gasteiger partial charge >= 0.3 is 0 Å². The molecular weight excluding hydrogens is 531 g/mol. The van der Waals surface area contributed by atoms with Gasteiger partial charge in [0.15, 0.2) is 0 Å². The van der Waals surface area contributed by atoms with Gasteiger partial charge in [-0.3, -0.25) is 0 Å². The molecule has 0 aliphatic rings. The lowest BCUT2D eigenvalue weighted by molar-refractivity contribution is -0.368. The molecule has 0 aliphatic carbocycles. The van der Waals surface area contributed by atoms with E-state index in [4.69, 9.17) is 4.74 Å². The quantitative estimate of drug-likeness (QED) is 0.174. The molecule has 0 saturated carbocycles. The van der Waals surface area contributed by atoms with Crippen LogP contribution in [0.2, 0.25) is 0 Å². The fourth-order valence-electron chi connectivity index (χ4n) is 4.78. The van der Waals surface area contributed by atoms with Crippen molar-refractivity contribution >= 4 is 23.5 Å². The van der Waals surface area contributed by atoms with Gasteiger partial charge in [0.2, 0.25) is 0 Å². The summed E-state index contributed by atoms with van der Waals surface area (Å²) in [5.41, 5.74) is 8.15. The van der Waals surface area contributed by atoms with Crippen molar-refractivity contribution in [3.63, 3.8) is 0 Å². The molecule has 0 aromatic heterocycles. The average molecular weight is 589 g/mol. The van der Waals surface area contributed by atoms with Gasteiger partial charge in [0.05, 0.1) is 17.2 Å². The molecule has 0 bridgehead atoms. The molecule has 226 valence electrons. The molecule has 40 heavy (non-hydrogen) atoms. The Morgan fingerprint density at radius 1 is 0.600 bits per heavy atom. The molecular formula is C35H58NO2S2+. The number of benzene rings is 2. The molecule has 2 aromatic carbocycles. The minimum atomic E-state index is -0.148. The molecule has 0 amide bonds. The fraction of sp³-hybridized carbons (Fsp3) is 0.657. The number of phenols is 1. The van der Waals surface area contributed by atoms with Gasteiger partial charge in [-0.2, -0.15) is 0 Å². The third-order valence-electron chi connectivity index (χ3n) is 7.00. The van der Waals surface area contributed by atoms with E-state index in [0.29, 0.717) is 5.75 Å². The lowest BCUT2D eigenvalue weighted by Crippen LogP contribution is -2.50. The van der Waals surface area contributed by atoms with Crippen LogP contribution in [0.1, 0.15) is 132 Å². The Bertz CT molecular complexity index is 1090. The first-order valence-corrected chi connectivity index (χ1v) is 16.5. The highest BCUT2D eigenvalue weighted by atomic mass is 32.2. The maximum atomic E-state index is 11.2. The number of quaternary nitrogens is 1. The summed E-state index contributed by atoms with van der Waals surface area (Å²) in [5, 5.41) is 11.2. The van der Waals surface area contributed by atoms with Gasteiger partial charge in [0.1, 0.15) is 11.5 Å². The summed E-state index contributed by atoms with van der Waals surface area (Å²) in [6.07, 6.45) is 2.11. The standard InChI is InChI=1S/C35H57NO2S2/c1-31(2,3)25-19-23(20-26(29(25)37)32(4,5)6)39-35(13,14)40-24-21-27(33(7,8)9)30(38-18-16-15-17-36)28(22-24)34(10,11)12/h19-22,37H,15-18,36H2,1-14H3/p+1. The van der Waals surface area contributed by atoms with Crippen molar-refractivity contribution in [2.45, 2.75) is 145 Å². The molecule has 5 heteroatoms. The van der Waals surface area contributed by atoms with Crippen LogP contribution in [-0.4, -0.2) is 22.3 Å². The molecule has 0 atom stereocenters. The lowest BCUT2D eigenvalue weighted by Gasteiger charge is -2.32. The largest absolute Gasteiger partial charge is 0.507 e. The molecule has 0 saturated heterocycles. The molecule has 0 radical (unpaired) electrons. The predicted octanol–water partition coefficient (Wildman–Crippen LogP) is 9.60. The number of hydrogen-bond donors (Lipinski definition) is 2. The number of ether oxygens (including phenoxy) is 1. The Morgan fingerprint density at radius 2 is 0.950 bits per heavy atom. The van der Waals surface area contributed by atoms with Crippen LogP contribution in [0.5, 0.6) is 11.5 Å². The molecule has 2 aromatic rings. The van der Waals surface area contributed by atoms with Gasteiger partial charge in [0, 0.05) is 32.0 Å². The Morgan fingerprint density at radius 3 is 1.27 bits per heavy atom.